The van der Waals surface area contributed by atoms with Gasteiger partial charge >= 0.3 is 0 Å². The minimum atomic E-state index is -0.0604. The highest BCUT2D eigenvalue weighted by Crippen LogP contribution is 2.37. The summed E-state index contributed by atoms with van der Waals surface area (Å²) in [6.45, 7) is 4.62. The molecule has 0 spiro atoms. The molecule has 2 fully saturated rings. The van der Waals surface area contributed by atoms with Crippen LogP contribution in [0.4, 0.5) is 0 Å². The second-order valence-corrected chi connectivity index (χ2v) is 5.03. The Morgan fingerprint density at radius 2 is 2.29 bits per heavy atom. The van der Waals surface area contributed by atoms with E-state index < -0.39 is 0 Å². The summed E-state index contributed by atoms with van der Waals surface area (Å²) in [7, 11) is 0. The first-order valence-corrected chi connectivity index (χ1v) is 6.21. The van der Waals surface area contributed by atoms with E-state index in [9.17, 15) is 5.11 Å². The molecule has 0 amide bonds. The molecule has 1 aliphatic heterocycles. The normalized spacial score (nSPS) is 33.9. The van der Waals surface area contributed by atoms with E-state index in [0.29, 0.717) is 0 Å². The van der Waals surface area contributed by atoms with Crippen LogP contribution in [0.2, 0.25) is 0 Å². The molecule has 2 bridgehead atoms. The van der Waals surface area contributed by atoms with E-state index in [0.717, 1.165) is 24.8 Å². The molecule has 0 aromatic heterocycles. The molecular weight excluding hydrogens is 174 g/mol. The fourth-order valence-corrected chi connectivity index (χ4v) is 3.03. The molecule has 2 nitrogen and oxygen atoms in total. The number of aliphatic hydroxyl groups excluding tert-OH is 1. The molecule has 2 aliphatic rings. The molecule has 1 saturated heterocycles. The van der Waals surface area contributed by atoms with Gasteiger partial charge in [-0.1, -0.05) is 6.92 Å². The van der Waals surface area contributed by atoms with E-state index in [1.54, 1.807) is 0 Å². The Labute approximate surface area is 87.3 Å². The molecular formula is C12H23NO. The maximum absolute atomic E-state index is 9.45. The molecule has 1 heterocycles. The van der Waals surface area contributed by atoms with Gasteiger partial charge in [0, 0.05) is 12.6 Å². The lowest BCUT2D eigenvalue weighted by Crippen LogP contribution is -2.33. The van der Waals surface area contributed by atoms with E-state index in [-0.39, 0.29) is 6.10 Å². The van der Waals surface area contributed by atoms with Crippen molar-refractivity contribution in [2.24, 2.45) is 5.92 Å². The SMILES string of the molecule is CCC(O)CCCN1CC2CCC1C2. The quantitative estimate of drug-likeness (QED) is 0.729. The van der Waals surface area contributed by atoms with Crippen LogP contribution in [0.5, 0.6) is 0 Å². The molecule has 82 valence electrons. The fraction of sp³-hybridized carbons (Fsp3) is 1.00. The van der Waals surface area contributed by atoms with Gasteiger partial charge < -0.3 is 10.0 Å². The third kappa shape index (κ3) is 2.29. The summed E-state index contributed by atoms with van der Waals surface area (Å²) in [4.78, 5) is 2.65. The third-order valence-corrected chi connectivity index (χ3v) is 3.98. The average Bonchev–Trinajstić information content (AvgIpc) is 2.79. The first kappa shape index (κ1) is 10.4. The molecule has 2 heteroatoms. The molecule has 1 aliphatic carbocycles. The minimum absolute atomic E-state index is 0.0604. The van der Waals surface area contributed by atoms with Crippen LogP contribution in [0.1, 0.15) is 45.4 Å². The van der Waals surface area contributed by atoms with Gasteiger partial charge in [0.1, 0.15) is 0 Å². The molecule has 2 rings (SSSR count). The Bertz CT molecular complexity index is 183. The van der Waals surface area contributed by atoms with Crippen molar-refractivity contribution in [3.8, 4) is 0 Å². The summed E-state index contributed by atoms with van der Waals surface area (Å²) >= 11 is 0. The monoisotopic (exact) mass is 197 g/mol. The molecule has 1 saturated carbocycles. The standard InChI is InChI=1S/C12H23NO/c1-2-12(14)4-3-7-13-9-10-5-6-11(13)8-10/h10-12,14H,2-9H2,1H3. The Morgan fingerprint density at radius 3 is 2.86 bits per heavy atom. The second kappa shape index (κ2) is 4.63. The van der Waals surface area contributed by atoms with Crippen molar-refractivity contribution in [3.05, 3.63) is 0 Å². The largest absolute Gasteiger partial charge is 0.393 e. The molecule has 0 aromatic carbocycles. The van der Waals surface area contributed by atoms with E-state index in [1.165, 1.54) is 38.8 Å². The lowest BCUT2D eigenvalue weighted by atomic mass is 10.1. The van der Waals surface area contributed by atoms with E-state index in [4.69, 9.17) is 0 Å². The fourth-order valence-electron chi connectivity index (χ4n) is 3.03. The number of piperidine rings is 1. The topological polar surface area (TPSA) is 23.5 Å². The predicted molar refractivity (Wildman–Crippen MR) is 58.2 cm³/mol. The van der Waals surface area contributed by atoms with Gasteiger partial charge in [-0.15, -0.1) is 0 Å². The lowest BCUT2D eigenvalue weighted by molar-refractivity contribution is 0.143. The number of hydrogen-bond acceptors (Lipinski definition) is 2. The van der Waals surface area contributed by atoms with Crippen molar-refractivity contribution in [3.63, 3.8) is 0 Å². The maximum atomic E-state index is 9.45. The zero-order chi connectivity index (χ0) is 9.97. The number of rotatable bonds is 5. The highest BCUT2D eigenvalue weighted by atomic mass is 16.3. The van der Waals surface area contributed by atoms with Gasteiger partial charge in [0.25, 0.3) is 0 Å². The molecule has 14 heavy (non-hydrogen) atoms. The van der Waals surface area contributed by atoms with Crippen LogP contribution in [0.3, 0.4) is 0 Å². The smallest absolute Gasteiger partial charge is 0.0538 e. The van der Waals surface area contributed by atoms with Crippen LogP contribution in [-0.4, -0.2) is 35.2 Å². The summed E-state index contributed by atoms with van der Waals surface area (Å²) in [6.07, 6.45) is 7.37. The maximum Gasteiger partial charge on any atom is 0.0538 e. The summed E-state index contributed by atoms with van der Waals surface area (Å²) < 4.78 is 0. The number of nitrogens with zero attached hydrogens (tertiary/aromatic N) is 1. The Kier molecular flexibility index (Phi) is 3.45. The van der Waals surface area contributed by atoms with Crippen molar-refractivity contribution in [2.75, 3.05) is 13.1 Å². The number of aliphatic hydroxyl groups is 1. The van der Waals surface area contributed by atoms with Gasteiger partial charge in [0.15, 0.2) is 0 Å². The van der Waals surface area contributed by atoms with Crippen molar-refractivity contribution in [1.29, 1.82) is 0 Å². The summed E-state index contributed by atoms with van der Waals surface area (Å²) in [5.74, 6) is 1.01. The minimum Gasteiger partial charge on any atom is -0.393 e. The average molecular weight is 197 g/mol. The van der Waals surface area contributed by atoms with Crippen molar-refractivity contribution >= 4 is 0 Å². The second-order valence-electron chi connectivity index (χ2n) is 5.03. The summed E-state index contributed by atoms with van der Waals surface area (Å²) in [6, 6.07) is 0.902. The van der Waals surface area contributed by atoms with Gasteiger partial charge in [0.2, 0.25) is 0 Å². The Balaban J connectivity index is 1.62. The van der Waals surface area contributed by atoms with Gasteiger partial charge in [-0.25, -0.2) is 0 Å². The van der Waals surface area contributed by atoms with Crippen LogP contribution in [-0.2, 0) is 0 Å². The third-order valence-electron chi connectivity index (χ3n) is 3.98. The molecule has 1 N–H and O–H groups in total. The Hall–Kier alpha value is -0.0800. The Morgan fingerprint density at radius 1 is 1.43 bits per heavy atom. The van der Waals surface area contributed by atoms with Crippen LogP contribution < -0.4 is 0 Å². The first-order valence-electron chi connectivity index (χ1n) is 6.21. The number of fused-ring (bicyclic) bond motifs is 2. The zero-order valence-electron chi connectivity index (χ0n) is 9.28. The predicted octanol–water partition coefficient (Wildman–Crippen LogP) is 2.02. The van der Waals surface area contributed by atoms with Gasteiger partial charge in [-0.2, -0.15) is 0 Å². The van der Waals surface area contributed by atoms with Gasteiger partial charge in [0.05, 0.1) is 6.10 Å². The molecule has 3 unspecified atom stereocenters. The number of hydrogen-bond donors (Lipinski definition) is 1. The van der Waals surface area contributed by atoms with Crippen LogP contribution in [0.25, 0.3) is 0 Å². The van der Waals surface area contributed by atoms with E-state index in [1.807, 2.05) is 0 Å². The van der Waals surface area contributed by atoms with Crippen LogP contribution in [0.15, 0.2) is 0 Å². The highest BCUT2D eigenvalue weighted by Gasteiger charge is 2.36. The van der Waals surface area contributed by atoms with E-state index >= 15 is 0 Å². The number of likely N-dealkylation sites (tertiary alicyclic amines) is 1. The first-order chi connectivity index (χ1) is 6.79. The van der Waals surface area contributed by atoms with Crippen LogP contribution in [0, 0.1) is 5.92 Å². The molecule has 3 atom stereocenters. The summed E-state index contributed by atoms with van der Waals surface area (Å²) in [5, 5.41) is 9.45. The van der Waals surface area contributed by atoms with Gasteiger partial charge in [-0.05, 0) is 51.0 Å². The lowest BCUT2D eigenvalue weighted by Gasteiger charge is -2.26. The molecule has 0 aromatic rings. The van der Waals surface area contributed by atoms with E-state index in [2.05, 4.69) is 11.8 Å². The summed E-state index contributed by atoms with van der Waals surface area (Å²) in [5.41, 5.74) is 0. The van der Waals surface area contributed by atoms with Crippen molar-refractivity contribution in [1.82, 2.24) is 4.90 Å². The highest BCUT2D eigenvalue weighted by molar-refractivity contribution is 4.91. The van der Waals surface area contributed by atoms with Gasteiger partial charge in [-0.3, -0.25) is 0 Å². The van der Waals surface area contributed by atoms with Crippen molar-refractivity contribution in [2.45, 2.75) is 57.6 Å². The molecule has 0 radical (unpaired) electrons. The van der Waals surface area contributed by atoms with Crippen LogP contribution >= 0.6 is 0 Å². The zero-order valence-corrected chi connectivity index (χ0v) is 9.28. The van der Waals surface area contributed by atoms with Crippen molar-refractivity contribution < 1.29 is 5.11 Å².